The molecule has 1 aliphatic heterocycles. The van der Waals surface area contributed by atoms with Crippen LogP contribution in [0, 0.1) is 0 Å². The van der Waals surface area contributed by atoms with Gasteiger partial charge < -0.3 is 15.5 Å². The molecular weight excluding hydrogens is 449 g/mol. The molecule has 1 aliphatic rings. The highest BCUT2D eigenvalue weighted by Gasteiger charge is 2.37. The van der Waals surface area contributed by atoms with Crippen molar-refractivity contribution in [3.63, 3.8) is 0 Å². The van der Waals surface area contributed by atoms with Crippen LogP contribution in [0.15, 0.2) is 24.7 Å². The summed E-state index contributed by atoms with van der Waals surface area (Å²) in [7, 11) is 1.35. The fourth-order valence-corrected chi connectivity index (χ4v) is 3.25. The van der Waals surface area contributed by atoms with Crippen molar-refractivity contribution in [3.05, 3.63) is 35.9 Å². The van der Waals surface area contributed by atoms with Crippen molar-refractivity contribution in [2.24, 2.45) is 7.05 Å². The zero-order chi connectivity index (χ0) is 25.3. The lowest BCUT2D eigenvalue weighted by atomic mass is 10.3. The Labute approximate surface area is 197 Å². The van der Waals surface area contributed by atoms with Crippen molar-refractivity contribution in [2.45, 2.75) is 46.7 Å². The molecule has 3 aromatic heterocycles. The van der Waals surface area contributed by atoms with Crippen LogP contribution in [0.5, 0.6) is 0 Å². The predicted octanol–water partition coefficient (Wildman–Crippen LogP) is 3.98. The lowest BCUT2D eigenvalue weighted by molar-refractivity contribution is -0.140. The summed E-state index contributed by atoms with van der Waals surface area (Å²) < 4.78 is 41.8. The molecule has 0 bridgehead atoms. The quantitative estimate of drug-likeness (QED) is 0.587. The Balaban J connectivity index is 0.000000758. The summed E-state index contributed by atoms with van der Waals surface area (Å²) in [6, 6.07) is 1.80. The molecule has 34 heavy (non-hydrogen) atoms. The second-order valence-corrected chi connectivity index (χ2v) is 7.43. The van der Waals surface area contributed by atoms with Crippen LogP contribution in [-0.4, -0.2) is 56.5 Å². The normalized spacial score (nSPS) is 13.9. The third-order valence-electron chi connectivity index (χ3n) is 4.61. The molecule has 1 fully saturated rings. The molecule has 0 unspecified atom stereocenters. The maximum absolute atomic E-state index is 13.1. The van der Waals surface area contributed by atoms with E-state index in [1.807, 2.05) is 13.8 Å². The number of hydrogen-bond acceptors (Lipinski definition) is 6. The molecule has 9 nitrogen and oxygen atoms in total. The third kappa shape index (κ3) is 6.69. The summed E-state index contributed by atoms with van der Waals surface area (Å²) in [5.74, 6) is -0.0474. The number of carbonyl (C=O) groups excluding carboxylic acids is 1. The van der Waals surface area contributed by atoms with E-state index in [2.05, 4.69) is 44.6 Å². The fourth-order valence-electron chi connectivity index (χ4n) is 3.25. The fraction of sp³-hybridized carbons (Fsp3) is 0.545. The van der Waals surface area contributed by atoms with E-state index in [1.165, 1.54) is 24.2 Å². The van der Waals surface area contributed by atoms with E-state index in [1.54, 1.807) is 12.3 Å². The van der Waals surface area contributed by atoms with E-state index in [-0.39, 0.29) is 11.2 Å². The molecule has 2 N–H and O–H groups in total. The number of fused-ring (bicyclic) bond motifs is 1. The molecular formula is C22H33F3N8O. The third-order valence-corrected chi connectivity index (χ3v) is 4.61. The Hall–Kier alpha value is -3.15. The Morgan fingerprint density at radius 2 is 1.91 bits per heavy atom. The number of nitrogens with one attached hydrogen (secondary N) is 2. The lowest BCUT2D eigenvalue weighted by Crippen LogP contribution is -2.28. The number of amides is 1. The van der Waals surface area contributed by atoms with E-state index in [9.17, 15) is 18.0 Å². The first-order valence-corrected chi connectivity index (χ1v) is 11.5. The highest BCUT2D eigenvalue weighted by molar-refractivity contribution is 6.08. The van der Waals surface area contributed by atoms with Crippen LogP contribution in [0.2, 0.25) is 0 Å². The van der Waals surface area contributed by atoms with Gasteiger partial charge in [-0.15, -0.1) is 0 Å². The molecule has 0 saturated carbocycles. The topological polar surface area (TPSA) is 92.4 Å². The minimum absolute atomic E-state index is 0.0803. The molecule has 188 valence electrons. The predicted molar refractivity (Wildman–Crippen MR) is 126 cm³/mol. The molecule has 4 heterocycles. The zero-order valence-corrected chi connectivity index (χ0v) is 20.3. The number of rotatable bonds is 3. The van der Waals surface area contributed by atoms with Crippen molar-refractivity contribution >= 4 is 23.1 Å². The number of alkyl halides is 3. The van der Waals surface area contributed by atoms with Gasteiger partial charge in [0.25, 0.3) is 5.91 Å². The first-order valence-electron chi connectivity index (χ1n) is 11.5. The van der Waals surface area contributed by atoms with Gasteiger partial charge in [0.1, 0.15) is 11.4 Å². The molecule has 0 aromatic carbocycles. The standard InChI is InChI=1S/C17H19F3N8O.C3H8.C2H6/c1-26-10-12(14(25-26)17(18,19)20)23-16(29)11-9-22-28-7-3-13(24-15(11)28)27-6-2-4-21-5-8-27;1-3-2;1-2/h3,7,9-10,21H,2,4-6,8H2,1H3,(H,23,29);3H2,1-2H3;1-2H3. The summed E-state index contributed by atoms with van der Waals surface area (Å²) in [6.07, 6.45) is 1.60. The number of nitrogens with zero attached hydrogens (tertiary/aromatic N) is 6. The Kier molecular flexibility index (Phi) is 9.84. The number of carbonyl (C=O) groups is 1. The maximum atomic E-state index is 13.1. The number of halogens is 3. The SMILES string of the molecule is CC.CCC.Cn1cc(NC(=O)c2cnn3ccc(N4CCCNCC4)nc23)c(C(F)(F)F)n1. The highest BCUT2D eigenvalue weighted by atomic mass is 19.4. The molecule has 0 radical (unpaired) electrons. The van der Waals surface area contributed by atoms with Gasteiger partial charge in [-0.2, -0.15) is 23.4 Å². The van der Waals surface area contributed by atoms with E-state index in [4.69, 9.17) is 0 Å². The molecule has 1 saturated heterocycles. The van der Waals surface area contributed by atoms with Gasteiger partial charge in [0.05, 0.1) is 11.9 Å². The molecule has 1 amide bonds. The van der Waals surface area contributed by atoms with Crippen molar-refractivity contribution in [1.29, 1.82) is 0 Å². The number of aromatic nitrogens is 5. The molecule has 0 atom stereocenters. The number of hydrogen-bond donors (Lipinski definition) is 2. The first kappa shape index (κ1) is 27.1. The second kappa shape index (κ2) is 12.4. The van der Waals surface area contributed by atoms with Crippen molar-refractivity contribution < 1.29 is 18.0 Å². The summed E-state index contributed by atoms with van der Waals surface area (Å²) in [5, 5.41) is 13.1. The van der Waals surface area contributed by atoms with Gasteiger partial charge in [-0.3, -0.25) is 9.48 Å². The largest absolute Gasteiger partial charge is 0.437 e. The van der Waals surface area contributed by atoms with Crippen LogP contribution in [0.4, 0.5) is 24.7 Å². The molecule has 4 rings (SSSR count). The second-order valence-electron chi connectivity index (χ2n) is 7.43. The minimum Gasteiger partial charge on any atom is -0.355 e. The van der Waals surface area contributed by atoms with Gasteiger partial charge in [-0.05, 0) is 19.0 Å². The van der Waals surface area contributed by atoms with Crippen molar-refractivity contribution in [3.8, 4) is 0 Å². The molecule has 0 aliphatic carbocycles. The maximum Gasteiger partial charge on any atom is 0.437 e. The minimum atomic E-state index is -4.68. The Morgan fingerprint density at radius 1 is 1.21 bits per heavy atom. The summed E-state index contributed by atoms with van der Waals surface area (Å²) >= 11 is 0. The number of aryl methyl sites for hydroxylation is 1. The Bertz CT molecular complexity index is 1050. The Morgan fingerprint density at radius 3 is 2.59 bits per heavy atom. The first-order chi connectivity index (χ1) is 16.2. The van der Waals surface area contributed by atoms with Gasteiger partial charge in [0.2, 0.25) is 0 Å². The number of anilines is 2. The monoisotopic (exact) mass is 482 g/mol. The van der Waals surface area contributed by atoms with Crippen LogP contribution < -0.4 is 15.5 Å². The van der Waals surface area contributed by atoms with Gasteiger partial charge in [-0.1, -0.05) is 34.1 Å². The van der Waals surface area contributed by atoms with E-state index in [0.717, 1.165) is 43.5 Å². The van der Waals surface area contributed by atoms with Crippen LogP contribution in [0.3, 0.4) is 0 Å². The van der Waals surface area contributed by atoms with E-state index in [0.29, 0.717) is 5.82 Å². The van der Waals surface area contributed by atoms with E-state index >= 15 is 0 Å². The van der Waals surface area contributed by atoms with Crippen molar-refractivity contribution in [1.82, 2.24) is 29.7 Å². The summed E-state index contributed by atoms with van der Waals surface area (Å²) in [5.41, 5.74) is -1.22. The van der Waals surface area contributed by atoms with Gasteiger partial charge >= 0.3 is 6.18 Å². The van der Waals surface area contributed by atoms with Gasteiger partial charge in [-0.25, -0.2) is 9.50 Å². The van der Waals surface area contributed by atoms with Crippen LogP contribution in [0.25, 0.3) is 5.65 Å². The molecule has 3 aromatic rings. The average molecular weight is 483 g/mol. The van der Waals surface area contributed by atoms with Gasteiger partial charge in [0.15, 0.2) is 11.3 Å². The van der Waals surface area contributed by atoms with Crippen LogP contribution in [0.1, 0.15) is 56.6 Å². The smallest absolute Gasteiger partial charge is 0.355 e. The molecule has 0 spiro atoms. The van der Waals surface area contributed by atoms with Crippen LogP contribution >= 0.6 is 0 Å². The summed E-state index contributed by atoms with van der Waals surface area (Å²) in [6.45, 7) is 11.6. The van der Waals surface area contributed by atoms with Crippen LogP contribution in [-0.2, 0) is 13.2 Å². The van der Waals surface area contributed by atoms with Gasteiger partial charge in [0, 0.05) is 39.1 Å². The zero-order valence-electron chi connectivity index (χ0n) is 20.3. The summed E-state index contributed by atoms with van der Waals surface area (Å²) in [4.78, 5) is 19.3. The van der Waals surface area contributed by atoms with Crippen molar-refractivity contribution in [2.75, 3.05) is 36.4 Å². The molecule has 12 heteroatoms. The highest BCUT2D eigenvalue weighted by Crippen LogP contribution is 2.33. The van der Waals surface area contributed by atoms with E-state index < -0.39 is 23.5 Å². The average Bonchev–Trinajstić information content (AvgIpc) is 3.28. The lowest BCUT2D eigenvalue weighted by Gasteiger charge is -2.20.